The van der Waals surface area contributed by atoms with Crippen molar-refractivity contribution in [3.05, 3.63) is 0 Å². The SMILES string of the molecule is CCC1CCC(CNC2CC(OCC(C)C)C2(C)C)CC1. The molecule has 21 heavy (non-hydrogen) atoms. The molecule has 0 heterocycles. The Balaban J connectivity index is 1.66. The lowest BCUT2D eigenvalue weighted by Crippen LogP contribution is -2.61. The fraction of sp³-hybridized carbons (Fsp3) is 1.00. The van der Waals surface area contributed by atoms with Crippen molar-refractivity contribution in [3.63, 3.8) is 0 Å². The summed E-state index contributed by atoms with van der Waals surface area (Å²) in [6, 6.07) is 0.651. The van der Waals surface area contributed by atoms with Crippen molar-refractivity contribution in [2.45, 2.75) is 85.3 Å². The predicted molar refractivity (Wildman–Crippen MR) is 90.5 cm³/mol. The molecular formula is C19H37NO. The van der Waals surface area contributed by atoms with Crippen LogP contribution in [0.2, 0.25) is 0 Å². The predicted octanol–water partition coefficient (Wildman–Crippen LogP) is 4.63. The van der Waals surface area contributed by atoms with Gasteiger partial charge >= 0.3 is 0 Å². The Morgan fingerprint density at radius 1 is 1.10 bits per heavy atom. The van der Waals surface area contributed by atoms with Crippen molar-refractivity contribution in [2.75, 3.05) is 13.2 Å². The molecule has 2 atom stereocenters. The first-order valence-corrected chi connectivity index (χ1v) is 9.28. The first-order valence-electron chi connectivity index (χ1n) is 9.28. The molecule has 2 heteroatoms. The Hall–Kier alpha value is -0.0800. The third kappa shape index (κ3) is 4.45. The lowest BCUT2D eigenvalue weighted by atomic mass is 9.64. The summed E-state index contributed by atoms with van der Waals surface area (Å²) in [6.07, 6.45) is 8.81. The Labute approximate surface area is 132 Å². The summed E-state index contributed by atoms with van der Waals surface area (Å²) in [7, 11) is 0. The first kappa shape index (κ1) is 17.3. The van der Waals surface area contributed by atoms with Gasteiger partial charge in [0.1, 0.15) is 0 Å². The van der Waals surface area contributed by atoms with Gasteiger partial charge in [-0.25, -0.2) is 0 Å². The van der Waals surface area contributed by atoms with Gasteiger partial charge in [0, 0.05) is 18.1 Å². The van der Waals surface area contributed by atoms with Crippen molar-refractivity contribution in [1.82, 2.24) is 5.32 Å². The van der Waals surface area contributed by atoms with Gasteiger partial charge in [-0.05, 0) is 43.6 Å². The average molecular weight is 296 g/mol. The number of rotatable bonds is 7. The van der Waals surface area contributed by atoms with Crippen molar-refractivity contribution in [1.29, 1.82) is 0 Å². The molecule has 0 aromatic rings. The molecule has 0 bridgehead atoms. The second-order valence-corrected chi connectivity index (χ2v) is 8.53. The molecule has 124 valence electrons. The van der Waals surface area contributed by atoms with Crippen LogP contribution in [0.15, 0.2) is 0 Å². The van der Waals surface area contributed by atoms with Gasteiger partial charge in [-0.1, -0.05) is 53.9 Å². The van der Waals surface area contributed by atoms with Crippen molar-refractivity contribution >= 4 is 0 Å². The van der Waals surface area contributed by atoms with Crippen LogP contribution < -0.4 is 5.32 Å². The van der Waals surface area contributed by atoms with Gasteiger partial charge in [0.25, 0.3) is 0 Å². The van der Waals surface area contributed by atoms with E-state index >= 15 is 0 Å². The molecule has 2 nitrogen and oxygen atoms in total. The summed E-state index contributed by atoms with van der Waals surface area (Å²) in [5, 5.41) is 3.85. The van der Waals surface area contributed by atoms with Crippen molar-refractivity contribution < 1.29 is 4.74 Å². The highest BCUT2D eigenvalue weighted by molar-refractivity contribution is 5.03. The van der Waals surface area contributed by atoms with Gasteiger partial charge in [-0.2, -0.15) is 0 Å². The van der Waals surface area contributed by atoms with E-state index in [1.807, 2.05) is 0 Å². The van der Waals surface area contributed by atoms with Crippen molar-refractivity contribution in [3.8, 4) is 0 Å². The van der Waals surface area contributed by atoms with Gasteiger partial charge in [0.2, 0.25) is 0 Å². The number of hydrogen-bond donors (Lipinski definition) is 1. The van der Waals surface area contributed by atoms with E-state index in [-0.39, 0.29) is 0 Å². The van der Waals surface area contributed by atoms with E-state index in [0.29, 0.717) is 23.5 Å². The Kier molecular flexibility index (Phi) is 6.14. The highest BCUT2D eigenvalue weighted by atomic mass is 16.5. The maximum Gasteiger partial charge on any atom is 0.0656 e. The zero-order chi connectivity index (χ0) is 15.5. The minimum atomic E-state index is 0.301. The molecular weight excluding hydrogens is 258 g/mol. The Morgan fingerprint density at radius 3 is 2.24 bits per heavy atom. The zero-order valence-corrected chi connectivity index (χ0v) is 15.0. The second kappa shape index (κ2) is 7.46. The molecule has 0 aliphatic heterocycles. The zero-order valence-electron chi connectivity index (χ0n) is 15.0. The monoisotopic (exact) mass is 295 g/mol. The van der Waals surface area contributed by atoms with E-state index in [1.165, 1.54) is 45.1 Å². The van der Waals surface area contributed by atoms with E-state index in [1.54, 1.807) is 0 Å². The summed E-state index contributed by atoms with van der Waals surface area (Å²) in [4.78, 5) is 0. The molecule has 0 radical (unpaired) electrons. The maximum absolute atomic E-state index is 6.07. The minimum Gasteiger partial charge on any atom is -0.377 e. The van der Waals surface area contributed by atoms with Crippen LogP contribution in [-0.4, -0.2) is 25.3 Å². The molecule has 0 saturated heterocycles. The van der Waals surface area contributed by atoms with Crippen LogP contribution in [0.1, 0.15) is 73.1 Å². The lowest BCUT2D eigenvalue weighted by Gasteiger charge is -2.52. The standard InChI is InChI=1S/C19H37NO/c1-6-15-7-9-16(10-8-15)12-20-17-11-18(19(17,4)5)21-13-14(2)3/h14-18,20H,6-13H2,1-5H3. The Bertz CT molecular complexity index is 305. The minimum absolute atomic E-state index is 0.301. The summed E-state index contributed by atoms with van der Waals surface area (Å²) >= 11 is 0. The molecule has 2 aliphatic carbocycles. The number of nitrogens with one attached hydrogen (secondary N) is 1. The Morgan fingerprint density at radius 2 is 1.71 bits per heavy atom. The molecule has 2 saturated carbocycles. The molecule has 2 rings (SSSR count). The van der Waals surface area contributed by atoms with Gasteiger partial charge in [-0.3, -0.25) is 0 Å². The van der Waals surface area contributed by atoms with Gasteiger partial charge in [0.05, 0.1) is 6.10 Å². The molecule has 2 aliphatic rings. The van der Waals surface area contributed by atoms with Crippen molar-refractivity contribution in [2.24, 2.45) is 23.2 Å². The normalized spacial score (nSPS) is 35.7. The van der Waals surface area contributed by atoms with E-state index in [9.17, 15) is 0 Å². The van der Waals surface area contributed by atoms with Gasteiger partial charge < -0.3 is 10.1 Å². The number of ether oxygens (including phenoxy) is 1. The van der Waals surface area contributed by atoms with E-state index < -0.39 is 0 Å². The van der Waals surface area contributed by atoms with E-state index in [2.05, 4.69) is 39.9 Å². The van der Waals surface area contributed by atoms with Gasteiger partial charge in [-0.15, -0.1) is 0 Å². The third-order valence-corrected chi connectivity index (χ3v) is 6.01. The highest BCUT2D eigenvalue weighted by Crippen LogP contribution is 2.43. The van der Waals surface area contributed by atoms with Crippen LogP contribution in [0, 0.1) is 23.2 Å². The summed E-state index contributed by atoms with van der Waals surface area (Å²) < 4.78 is 6.07. The highest BCUT2D eigenvalue weighted by Gasteiger charge is 2.48. The molecule has 1 N–H and O–H groups in total. The fourth-order valence-electron chi connectivity index (χ4n) is 3.98. The van der Waals surface area contributed by atoms with Crippen LogP contribution in [0.25, 0.3) is 0 Å². The van der Waals surface area contributed by atoms with Crippen LogP contribution in [0.5, 0.6) is 0 Å². The molecule has 0 aromatic carbocycles. The molecule has 0 spiro atoms. The second-order valence-electron chi connectivity index (χ2n) is 8.53. The molecule has 2 fully saturated rings. The lowest BCUT2D eigenvalue weighted by molar-refractivity contribution is -0.124. The van der Waals surface area contributed by atoms with Gasteiger partial charge in [0.15, 0.2) is 0 Å². The molecule has 0 amide bonds. The number of hydrogen-bond acceptors (Lipinski definition) is 2. The summed E-state index contributed by atoms with van der Waals surface area (Å²) in [5.74, 6) is 2.57. The van der Waals surface area contributed by atoms with Crippen LogP contribution in [0.3, 0.4) is 0 Å². The fourth-order valence-corrected chi connectivity index (χ4v) is 3.98. The van der Waals surface area contributed by atoms with E-state index in [4.69, 9.17) is 4.74 Å². The maximum atomic E-state index is 6.07. The van der Waals surface area contributed by atoms with Crippen LogP contribution >= 0.6 is 0 Å². The molecule has 0 aromatic heterocycles. The summed E-state index contributed by atoms with van der Waals surface area (Å²) in [6.45, 7) is 13.7. The third-order valence-electron chi connectivity index (χ3n) is 6.01. The molecule has 2 unspecified atom stereocenters. The van der Waals surface area contributed by atoms with Crippen LogP contribution in [0.4, 0.5) is 0 Å². The first-order chi connectivity index (χ1) is 9.93. The summed E-state index contributed by atoms with van der Waals surface area (Å²) in [5.41, 5.74) is 0.301. The smallest absolute Gasteiger partial charge is 0.0656 e. The van der Waals surface area contributed by atoms with E-state index in [0.717, 1.165) is 18.4 Å². The quantitative estimate of drug-likeness (QED) is 0.739. The van der Waals surface area contributed by atoms with Crippen LogP contribution in [-0.2, 0) is 4.74 Å². The topological polar surface area (TPSA) is 21.3 Å². The average Bonchev–Trinajstić information content (AvgIpc) is 2.46. The largest absolute Gasteiger partial charge is 0.377 e.